The molecule has 1 N–H and O–H groups in total. The van der Waals surface area contributed by atoms with Crippen molar-refractivity contribution in [3.8, 4) is 0 Å². The average molecular weight is 296 g/mol. The fourth-order valence-corrected chi connectivity index (χ4v) is 3.83. The lowest BCUT2D eigenvalue weighted by atomic mass is 9.90. The predicted octanol–water partition coefficient (Wildman–Crippen LogP) is 2.45. The second-order valence-corrected chi connectivity index (χ2v) is 7.35. The van der Waals surface area contributed by atoms with E-state index in [0.29, 0.717) is 19.0 Å². The summed E-state index contributed by atoms with van der Waals surface area (Å²) in [7, 11) is -3.09. The summed E-state index contributed by atoms with van der Waals surface area (Å²) in [6.07, 6.45) is 4.78. The van der Waals surface area contributed by atoms with Gasteiger partial charge in [-0.2, -0.15) is 0 Å². The van der Waals surface area contributed by atoms with Crippen LogP contribution in [0.2, 0.25) is 0 Å². The first-order valence-corrected chi connectivity index (χ1v) is 8.51. The minimum absolute atomic E-state index is 0.252. The van der Waals surface area contributed by atoms with Gasteiger partial charge in [-0.15, -0.1) is 0 Å². The van der Waals surface area contributed by atoms with Crippen LogP contribution in [0.1, 0.15) is 24.3 Å². The molecule has 0 saturated carbocycles. The molecule has 0 radical (unpaired) electrons. The van der Waals surface area contributed by atoms with Gasteiger partial charge in [-0.25, -0.2) is 17.1 Å². The number of H-pyrrole nitrogens is 1. The Morgan fingerprint density at radius 1 is 1.30 bits per heavy atom. The second kappa shape index (κ2) is 4.86. The number of nitrogens with one attached hydrogen (secondary N) is 1. The third kappa shape index (κ3) is 2.45. The van der Waals surface area contributed by atoms with Gasteiger partial charge in [0, 0.05) is 30.2 Å². The number of nitrogens with zero attached hydrogens (tertiary/aromatic N) is 1. The molecule has 1 fully saturated rings. The highest BCUT2D eigenvalue weighted by Crippen LogP contribution is 2.33. The SMILES string of the molecule is CS(=O)(=O)N1CCC(c2c[nH]c3cc(F)ccc23)CC1. The van der Waals surface area contributed by atoms with Crippen molar-refractivity contribution in [1.29, 1.82) is 0 Å². The summed E-state index contributed by atoms with van der Waals surface area (Å²) >= 11 is 0. The van der Waals surface area contributed by atoms with Gasteiger partial charge in [-0.1, -0.05) is 0 Å². The van der Waals surface area contributed by atoms with Crippen molar-refractivity contribution >= 4 is 20.9 Å². The molecule has 3 rings (SSSR count). The molecule has 1 aromatic heterocycles. The molecule has 0 amide bonds. The number of fused-ring (bicyclic) bond motifs is 1. The van der Waals surface area contributed by atoms with Gasteiger partial charge in [0.15, 0.2) is 0 Å². The normalized spacial score (nSPS) is 18.7. The molecule has 1 aromatic carbocycles. The zero-order valence-corrected chi connectivity index (χ0v) is 12.1. The second-order valence-electron chi connectivity index (χ2n) is 5.37. The van der Waals surface area contributed by atoms with Gasteiger partial charge in [0.05, 0.1) is 6.26 Å². The van der Waals surface area contributed by atoms with E-state index in [4.69, 9.17) is 0 Å². The minimum atomic E-state index is -3.09. The topological polar surface area (TPSA) is 53.2 Å². The molecule has 6 heteroatoms. The van der Waals surface area contributed by atoms with Crippen LogP contribution in [0.5, 0.6) is 0 Å². The summed E-state index contributed by atoms with van der Waals surface area (Å²) in [5, 5.41) is 1.03. The van der Waals surface area contributed by atoms with Crippen molar-refractivity contribution in [3.63, 3.8) is 0 Å². The average Bonchev–Trinajstić information content (AvgIpc) is 2.80. The molecule has 2 heterocycles. The molecule has 1 aliphatic heterocycles. The van der Waals surface area contributed by atoms with Gasteiger partial charge in [0.2, 0.25) is 10.0 Å². The number of halogens is 1. The van der Waals surface area contributed by atoms with Crippen LogP contribution in [0.4, 0.5) is 4.39 Å². The quantitative estimate of drug-likeness (QED) is 0.925. The largest absolute Gasteiger partial charge is 0.361 e. The Bertz CT molecular complexity index is 731. The first-order valence-electron chi connectivity index (χ1n) is 6.67. The van der Waals surface area contributed by atoms with E-state index >= 15 is 0 Å². The maximum atomic E-state index is 13.2. The highest BCUT2D eigenvalue weighted by molar-refractivity contribution is 7.88. The zero-order chi connectivity index (χ0) is 14.3. The molecule has 4 nitrogen and oxygen atoms in total. The van der Waals surface area contributed by atoms with E-state index in [1.54, 1.807) is 6.07 Å². The van der Waals surface area contributed by atoms with E-state index in [1.165, 1.54) is 22.7 Å². The van der Waals surface area contributed by atoms with E-state index in [2.05, 4.69) is 4.98 Å². The van der Waals surface area contributed by atoms with Crippen LogP contribution in [0.15, 0.2) is 24.4 Å². The van der Waals surface area contributed by atoms with Gasteiger partial charge in [-0.3, -0.25) is 0 Å². The molecule has 1 aliphatic rings. The number of hydrogen-bond donors (Lipinski definition) is 1. The third-order valence-electron chi connectivity index (χ3n) is 4.04. The molecular formula is C14H17FN2O2S. The van der Waals surface area contributed by atoms with Crippen molar-refractivity contribution in [2.75, 3.05) is 19.3 Å². The van der Waals surface area contributed by atoms with Crippen molar-refractivity contribution in [2.45, 2.75) is 18.8 Å². The van der Waals surface area contributed by atoms with Crippen LogP contribution in [-0.2, 0) is 10.0 Å². The molecule has 0 bridgehead atoms. The molecule has 0 spiro atoms. The highest BCUT2D eigenvalue weighted by atomic mass is 32.2. The maximum absolute atomic E-state index is 13.2. The monoisotopic (exact) mass is 296 g/mol. The Balaban J connectivity index is 1.84. The molecule has 20 heavy (non-hydrogen) atoms. The summed E-state index contributed by atoms with van der Waals surface area (Å²) in [6.45, 7) is 1.11. The van der Waals surface area contributed by atoms with E-state index in [9.17, 15) is 12.8 Å². The van der Waals surface area contributed by atoms with Crippen molar-refractivity contribution in [2.24, 2.45) is 0 Å². The van der Waals surface area contributed by atoms with Crippen LogP contribution in [-0.4, -0.2) is 37.1 Å². The Morgan fingerprint density at radius 3 is 2.65 bits per heavy atom. The van der Waals surface area contributed by atoms with Crippen molar-refractivity contribution in [3.05, 3.63) is 35.8 Å². The summed E-state index contributed by atoms with van der Waals surface area (Å²) in [4.78, 5) is 3.10. The Labute approximate surface area is 117 Å². The molecule has 1 saturated heterocycles. The number of piperidine rings is 1. The van der Waals surface area contributed by atoms with Crippen molar-refractivity contribution < 1.29 is 12.8 Å². The van der Waals surface area contributed by atoms with Gasteiger partial charge >= 0.3 is 0 Å². The van der Waals surface area contributed by atoms with Crippen LogP contribution >= 0.6 is 0 Å². The van der Waals surface area contributed by atoms with Crippen molar-refractivity contribution in [1.82, 2.24) is 9.29 Å². The number of benzene rings is 1. The lowest BCUT2D eigenvalue weighted by Crippen LogP contribution is -2.37. The Morgan fingerprint density at radius 2 is 2.00 bits per heavy atom. The van der Waals surface area contributed by atoms with Gasteiger partial charge < -0.3 is 4.98 Å². The number of aromatic amines is 1. The van der Waals surface area contributed by atoms with Gasteiger partial charge in [0.1, 0.15) is 5.82 Å². The third-order valence-corrected chi connectivity index (χ3v) is 5.34. The first-order chi connectivity index (χ1) is 9.45. The highest BCUT2D eigenvalue weighted by Gasteiger charge is 2.27. The molecule has 0 unspecified atom stereocenters. The van der Waals surface area contributed by atoms with Crippen LogP contribution in [0.25, 0.3) is 10.9 Å². The van der Waals surface area contributed by atoms with E-state index in [-0.39, 0.29) is 5.82 Å². The van der Waals surface area contributed by atoms with Crippen LogP contribution in [0.3, 0.4) is 0 Å². The smallest absolute Gasteiger partial charge is 0.211 e. The van der Waals surface area contributed by atoms with E-state index < -0.39 is 10.0 Å². The standard InChI is InChI=1S/C14H17FN2O2S/c1-20(18,19)17-6-4-10(5-7-17)13-9-16-14-8-11(15)2-3-12(13)14/h2-3,8-10,16H,4-7H2,1H3. The minimum Gasteiger partial charge on any atom is -0.361 e. The Hall–Kier alpha value is -1.40. The summed E-state index contributed by atoms with van der Waals surface area (Å²) in [6, 6.07) is 4.75. The number of sulfonamides is 1. The number of aromatic nitrogens is 1. The number of hydrogen-bond acceptors (Lipinski definition) is 2. The molecule has 2 aromatic rings. The molecule has 0 aliphatic carbocycles. The Kier molecular flexibility index (Phi) is 3.30. The van der Waals surface area contributed by atoms with Crippen LogP contribution < -0.4 is 0 Å². The molecule has 108 valence electrons. The zero-order valence-electron chi connectivity index (χ0n) is 11.3. The fraction of sp³-hybridized carbons (Fsp3) is 0.429. The molecule has 0 atom stereocenters. The first kappa shape index (κ1) is 13.6. The predicted molar refractivity (Wildman–Crippen MR) is 76.6 cm³/mol. The summed E-state index contributed by atoms with van der Waals surface area (Å²) in [5.74, 6) is 0.0741. The number of rotatable bonds is 2. The lowest BCUT2D eigenvalue weighted by molar-refractivity contribution is 0.322. The lowest BCUT2D eigenvalue weighted by Gasteiger charge is -2.30. The van der Waals surface area contributed by atoms with Gasteiger partial charge in [0.25, 0.3) is 0 Å². The summed E-state index contributed by atoms with van der Waals surface area (Å²) < 4.78 is 37.7. The molecular weight excluding hydrogens is 279 g/mol. The maximum Gasteiger partial charge on any atom is 0.211 e. The fourth-order valence-electron chi connectivity index (χ4n) is 2.96. The van der Waals surface area contributed by atoms with Gasteiger partial charge in [-0.05, 0) is 42.5 Å². The van der Waals surface area contributed by atoms with E-state index in [0.717, 1.165) is 29.3 Å². The van der Waals surface area contributed by atoms with E-state index in [1.807, 2.05) is 6.20 Å². The summed E-state index contributed by atoms with van der Waals surface area (Å²) in [5.41, 5.74) is 1.96. The van der Waals surface area contributed by atoms with Crippen LogP contribution in [0, 0.1) is 5.82 Å².